The molecule has 0 saturated carbocycles. The van der Waals surface area contributed by atoms with Gasteiger partial charge in [-0.25, -0.2) is 13.2 Å². The van der Waals surface area contributed by atoms with Crippen molar-refractivity contribution in [3.8, 4) is 0 Å². The monoisotopic (exact) mass is 437 g/mol. The minimum absolute atomic E-state index is 0.0740. The summed E-state index contributed by atoms with van der Waals surface area (Å²) in [6, 6.07) is 24.5. The van der Waals surface area contributed by atoms with Crippen LogP contribution in [0.3, 0.4) is 0 Å². The Labute approximate surface area is 181 Å². The third-order valence-corrected chi connectivity index (χ3v) is 6.40. The number of esters is 1. The van der Waals surface area contributed by atoms with Crippen LogP contribution in [0.1, 0.15) is 28.4 Å². The second-order valence-corrected chi connectivity index (χ2v) is 8.95. The third kappa shape index (κ3) is 6.26. The van der Waals surface area contributed by atoms with Crippen molar-refractivity contribution in [2.75, 3.05) is 12.4 Å². The minimum atomic E-state index is -3.45. The Morgan fingerprint density at radius 1 is 0.806 bits per heavy atom. The molecule has 0 spiro atoms. The van der Waals surface area contributed by atoms with Crippen LogP contribution in [0.2, 0.25) is 0 Å². The van der Waals surface area contributed by atoms with E-state index < -0.39 is 27.8 Å². The van der Waals surface area contributed by atoms with Crippen LogP contribution in [0.15, 0.2) is 95.9 Å². The summed E-state index contributed by atoms with van der Waals surface area (Å²) in [4.78, 5) is 25.5. The van der Waals surface area contributed by atoms with Gasteiger partial charge >= 0.3 is 5.97 Å². The van der Waals surface area contributed by atoms with Crippen molar-refractivity contribution < 1.29 is 22.7 Å². The molecule has 3 rings (SSSR count). The van der Waals surface area contributed by atoms with Crippen molar-refractivity contribution in [3.63, 3.8) is 0 Å². The van der Waals surface area contributed by atoms with Gasteiger partial charge in [0.2, 0.25) is 0 Å². The minimum Gasteiger partial charge on any atom is -0.464 e. The zero-order chi connectivity index (χ0) is 22.1. The molecule has 3 aromatic rings. The second kappa shape index (κ2) is 10.5. The quantitative estimate of drug-likeness (QED) is 0.408. The molecule has 1 amide bonds. The number of amides is 1. The smallest absolute Gasteiger partial charge is 0.333 e. The van der Waals surface area contributed by atoms with Crippen molar-refractivity contribution >= 4 is 21.7 Å². The summed E-state index contributed by atoms with van der Waals surface area (Å²) in [5.41, 5.74) is 0.999. The molecule has 3 aromatic carbocycles. The third-order valence-electron chi connectivity index (χ3n) is 4.58. The van der Waals surface area contributed by atoms with E-state index in [9.17, 15) is 18.0 Å². The van der Waals surface area contributed by atoms with Gasteiger partial charge in [0.1, 0.15) is 0 Å². The predicted molar refractivity (Wildman–Crippen MR) is 117 cm³/mol. The molecular weight excluding hydrogens is 414 g/mol. The Balaban J connectivity index is 1.62. The van der Waals surface area contributed by atoms with Gasteiger partial charge in [-0.1, -0.05) is 66.7 Å². The summed E-state index contributed by atoms with van der Waals surface area (Å²) in [6.07, 6.45) is 0.150. The number of hydrogen-bond donors (Lipinski definition) is 1. The van der Waals surface area contributed by atoms with E-state index >= 15 is 0 Å². The Bertz CT molecular complexity index is 1100. The number of sulfone groups is 1. The summed E-state index contributed by atoms with van der Waals surface area (Å²) in [5, 5.41) is 2.70. The van der Waals surface area contributed by atoms with Crippen LogP contribution in [-0.4, -0.2) is 32.7 Å². The molecule has 0 aromatic heterocycles. The van der Waals surface area contributed by atoms with Crippen LogP contribution in [0.25, 0.3) is 0 Å². The first-order valence-electron chi connectivity index (χ1n) is 9.83. The average molecular weight is 438 g/mol. The molecule has 0 heterocycles. The van der Waals surface area contributed by atoms with E-state index in [1.165, 1.54) is 12.1 Å². The zero-order valence-electron chi connectivity index (χ0n) is 16.8. The topological polar surface area (TPSA) is 89.5 Å². The first kappa shape index (κ1) is 22.2. The van der Waals surface area contributed by atoms with Crippen LogP contribution in [0, 0.1) is 0 Å². The van der Waals surface area contributed by atoms with Gasteiger partial charge in [-0.15, -0.1) is 0 Å². The van der Waals surface area contributed by atoms with Crippen LogP contribution < -0.4 is 5.32 Å². The molecule has 0 aliphatic carbocycles. The Morgan fingerprint density at radius 3 is 1.97 bits per heavy atom. The molecule has 0 radical (unpaired) electrons. The second-order valence-electron chi connectivity index (χ2n) is 6.84. The number of carbonyl (C=O) groups excluding carboxylic acids is 2. The molecule has 160 valence electrons. The summed E-state index contributed by atoms with van der Waals surface area (Å²) < 4.78 is 30.0. The first-order chi connectivity index (χ1) is 15.0. The maximum atomic E-state index is 12.7. The molecule has 7 heteroatoms. The van der Waals surface area contributed by atoms with E-state index in [2.05, 4.69) is 5.32 Å². The van der Waals surface area contributed by atoms with E-state index in [4.69, 9.17) is 4.74 Å². The van der Waals surface area contributed by atoms with Crippen molar-refractivity contribution in [2.24, 2.45) is 0 Å². The number of benzene rings is 3. The molecule has 6 nitrogen and oxygen atoms in total. The van der Waals surface area contributed by atoms with Gasteiger partial charge in [0.25, 0.3) is 5.91 Å². The molecule has 31 heavy (non-hydrogen) atoms. The fourth-order valence-corrected chi connectivity index (χ4v) is 4.28. The first-order valence-corrected chi connectivity index (χ1v) is 11.5. The van der Waals surface area contributed by atoms with Crippen molar-refractivity contribution in [3.05, 3.63) is 102 Å². The summed E-state index contributed by atoms with van der Waals surface area (Å²) in [7, 11) is -3.45. The highest BCUT2D eigenvalue weighted by atomic mass is 32.2. The SMILES string of the molecule is O=C(NC(C(=O)OCCCS(=O)(=O)c1ccccc1)c1ccccc1)c1ccccc1. The van der Waals surface area contributed by atoms with Gasteiger partial charge in [0.15, 0.2) is 15.9 Å². The lowest BCUT2D eigenvalue weighted by atomic mass is 10.1. The van der Waals surface area contributed by atoms with Gasteiger partial charge < -0.3 is 10.1 Å². The maximum absolute atomic E-state index is 12.7. The van der Waals surface area contributed by atoms with Gasteiger partial charge in [0, 0.05) is 5.56 Å². The fraction of sp³-hybridized carbons (Fsp3) is 0.167. The van der Waals surface area contributed by atoms with E-state index in [0.29, 0.717) is 11.1 Å². The highest BCUT2D eigenvalue weighted by Gasteiger charge is 2.25. The maximum Gasteiger partial charge on any atom is 0.333 e. The molecule has 1 atom stereocenters. The summed E-state index contributed by atoms with van der Waals surface area (Å²) in [5.74, 6) is -1.19. The normalized spacial score (nSPS) is 12.0. The fourth-order valence-electron chi connectivity index (χ4n) is 2.98. The number of ether oxygens (including phenoxy) is 1. The summed E-state index contributed by atoms with van der Waals surface area (Å²) >= 11 is 0. The van der Waals surface area contributed by atoms with E-state index in [1.807, 2.05) is 0 Å². The van der Waals surface area contributed by atoms with Crippen molar-refractivity contribution in [1.29, 1.82) is 0 Å². The Morgan fingerprint density at radius 2 is 1.35 bits per heavy atom. The average Bonchev–Trinajstić information content (AvgIpc) is 2.81. The highest BCUT2D eigenvalue weighted by molar-refractivity contribution is 7.91. The molecular formula is C24H23NO5S. The molecule has 0 fully saturated rings. The largest absolute Gasteiger partial charge is 0.464 e. The van der Waals surface area contributed by atoms with Crippen LogP contribution in [0.4, 0.5) is 0 Å². The number of hydrogen-bond acceptors (Lipinski definition) is 5. The highest BCUT2D eigenvalue weighted by Crippen LogP contribution is 2.16. The zero-order valence-corrected chi connectivity index (χ0v) is 17.6. The van der Waals surface area contributed by atoms with Crippen LogP contribution in [0.5, 0.6) is 0 Å². The van der Waals surface area contributed by atoms with Crippen LogP contribution in [-0.2, 0) is 19.4 Å². The Kier molecular flexibility index (Phi) is 7.56. The molecule has 0 aliphatic rings. The van der Waals surface area contributed by atoms with Gasteiger partial charge in [-0.05, 0) is 36.2 Å². The lowest BCUT2D eigenvalue weighted by Gasteiger charge is -2.18. The van der Waals surface area contributed by atoms with Gasteiger partial charge in [-0.3, -0.25) is 4.79 Å². The van der Waals surface area contributed by atoms with Gasteiger partial charge in [0.05, 0.1) is 17.3 Å². The lowest BCUT2D eigenvalue weighted by molar-refractivity contribution is -0.146. The van der Waals surface area contributed by atoms with Crippen molar-refractivity contribution in [2.45, 2.75) is 17.4 Å². The molecule has 0 aliphatic heterocycles. The lowest BCUT2D eigenvalue weighted by Crippen LogP contribution is -2.35. The molecule has 0 bridgehead atoms. The van der Waals surface area contributed by atoms with E-state index in [1.54, 1.807) is 78.9 Å². The predicted octanol–water partition coefficient (Wildman–Crippen LogP) is 3.56. The molecule has 0 saturated heterocycles. The Hall–Kier alpha value is -3.45. The number of nitrogens with one attached hydrogen (secondary N) is 1. The standard InChI is InChI=1S/C24H23NO5S/c26-23(20-13-6-2-7-14-20)25-22(19-11-4-1-5-12-19)24(27)30-17-10-18-31(28,29)21-15-8-3-9-16-21/h1-9,11-16,22H,10,17-18H2,(H,25,26). The molecule has 1 N–H and O–H groups in total. The van der Waals surface area contributed by atoms with Gasteiger partial charge in [-0.2, -0.15) is 0 Å². The van der Waals surface area contributed by atoms with Crippen molar-refractivity contribution in [1.82, 2.24) is 5.32 Å². The van der Waals surface area contributed by atoms with Crippen LogP contribution >= 0.6 is 0 Å². The number of carbonyl (C=O) groups is 2. The summed E-state index contributed by atoms with van der Waals surface area (Å²) in [6.45, 7) is -0.0740. The number of rotatable bonds is 9. The van der Waals surface area contributed by atoms with E-state index in [0.717, 1.165) is 0 Å². The molecule has 1 unspecified atom stereocenters. The van der Waals surface area contributed by atoms with E-state index in [-0.39, 0.29) is 23.7 Å².